The molecule has 0 aromatic carbocycles. The third-order valence-corrected chi connectivity index (χ3v) is 6.78. The van der Waals surface area contributed by atoms with E-state index < -0.39 is 11.2 Å². The molecule has 12 nitrogen and oxygen atoms in total. The van der Waals surface area contributed by atoms with Crippen LogP contribution in [0.25, 0.3) is 11.2 Å². The Morgan fingerprint density at radius 2 is 1.65 bits per heavy atom. The van der Waals surface area contributed by atoms with Gasteiger partial charge in [0.15, 0.2) is 11.2 Å². The monoisotopic (exact) mass is 534 g/mol. The van der Waals surface area contributed by atoms with Crippen molar-refractivity contribution < 1.29 is 0 Å². The number of fused-ring (bicyclic) bond motifs is 1. The highest BCUT2D eigenvalue weighted by atomic mass is 16.2. The highest BCUT2D eigenvalue weighted by Gasteiger charge is 2.27. The fraction of sp³-hybridized carbons (Fsp3) is 0.321. The summed E-state index contributed by atoms with van der Waals surface area (Å²) in [6.45, 7) is 2.98. The zero-order valence-corrected chi connectivity index (χ0v) is 21.9. The van der Waals surface area contributed by atoms with Gasteiger partial charge in [0.25, 0.3) is 5.56 Å². The number of aromatic nitrogens is 6. The van der Waals surface area contributed by atoms with Crippen LogP contribution in [0.15, 0.2) is 46.2 Å². The summed E-state index contributed by atoms with van der Waals surface area (Å²) < 4.78 is 4.21. The summed E-state index contributed by atoms with van der Waals surface area (Å²) in [5.74, 6) is 6.41. The van der Waals surface area contributed by atoms with Gasteiger partial charge in [-0.3, -0.25) is 28.5 Å². The summed E-state index contributed by atoms with van der Waals surface area (Å²) >= 11 is 0. The van der Waals surface area contributed by atoms with Crippen molar-refractivity contribution in [2.75, 3.05) is 18.0 Å². The number of nitrogens with two attached hydrogens (primary N) is 1. The molecule has 5 heterocycles. The third-order valence-electron chi connectivity index (χ3n) is 6.78. The van der Waals surface area contributed by atoms with Crippen molar-refractivity contribution in [3.05, 3.63) is 80.0 Å². The summed E-state index contributed by atoms with van der Waals surface area (Å²) in [5.41, 5.74) is 7.12. The topological polar surface area (TPSA) is 164 Å². The molecule has 2 N–H and O–H groups in total. The first-order chi connectivity index (χ1) is 19.4. The van der Waals surface area contributed by atoms with Gasteiger partial charge in [-0.25, -0.2) is 4.79 Å². The minimum atomic E-state index is -0.612. The summed E-state index contributed by atoms with van der Waals surface area (Å²) in [5, 5.41) is 18.7. The van der Waals surface area contributed by atoms with Gasteiger partial charge in [0.2, 0.25) is 5.95 Å². The number of anilines is 1. The summed E-state index contributed by atoms with van der Waals surface area (Å²) in [4.78, 5) is 43.4. The number of nitrogens with zero attached hydrogens (tertiary/aromatic N) is 9. The Labute approximate surface area is 229 Å². The van der Waals surface area contributed by atoms with Crippen LogP contribution >= 0.6 is 0 Å². The molecule has 1 saturated heterocycles. The SMILES string of the molecule is CC#CCn1c(N2CCC[C@@H](N)C2)nc2c1c(=O)n(Cc1cc(C#N)ccn1)c(=O)n2Cc1cc(C#N)ccn1. The lowest BCUT2D eigenvalue weighted by Gasteiger charge is -2.31. The number of hydrogen-bond donors (Lipinski definition) is 1. The number of pyridine rings is 2. The van der Waals surface area contributed by atoms with Crippen LogP contribution in [0, 0.1) is 34.5 Å². The fourth-order valence-corrected chi connectivity index (χ4v) is 4.89. The van der Waals surface area contributed by atoms with Crippen molar-refractivity contribution >= 4 is 17.1 Å². The van der Waals surface area contributed by atoms with Crippen LogP contribution in [-0.2, 0) is 19.6 Å². The highest BCUT2D eigenvalue weighted by molar-refractivity contribution is 5.75. The molecule has 1 aliphatic heterocycles. The Balaban J connectivity index is 1.77. The van der Waals surface area contributed by atoms with Crippen molar-refractivity contribution in [1.82, 2.24) is 28.7 Å². The normalized spacial score (nSPS) is 14.8. The first-order valence-electron chi connectivity index (χ1n) is 12.8. The van der Waals surface area contributed by atoms with Gasteiger partial charge in [0.05, 0.1) is 54.3 Å². The predicted molar refractivity (Wildman–Crippen MR) is 147 cm³/mol. The average molecular weight is 535 g/mol. The van der Waals surface area contributed by atoms with E-state index in [0.717, 1.165) is 17.4 Å². The van der Waals surface area contributed by atoms with E-state index in [0.29, 0.717) is 41.6 Å². The Morgan fingerprint density at radius 3 is 2.25 bits per heavy atom. The van der Waals surface area contributed by atoms with E-state index in [4.69, 9.17) is 10.7 Å². The van der Waals surface area contributed by atoms with E-state index in [1.54, 1.807) is 35.8 Å². The molecule has 5 rings (SSSR count). The van der Waals surface area contributed by atoms with Gasteiger partial charge in [-0.15, -0.1) is 5.92 Å². The summed E-state index contributed by atoms with van der Waals surface area (Å²) in [6, 6.07) is 10.3. The molecule has 1 aliphatic rings. The first kappa shape index (κ1) is 26.4. The standard InChI is InChI=1S/C28H26N10O2/c1-2-3-11-36-24-25(34-27(36)35-10-4-5-21(31)16-35)37(17-22-12-19(14-29)6-8-32-22)28(40)38(26(24)39)18-23-13-20(15-30)7-9-33-23/h6-9,12-13,21H,4-5,10-11,16-18,31H2,1H3/t21-/m1/s1. The Kier molecular flexibility index (Phi) is 7.41. The van der Waals surface area contributed by atoms with Crippen LogP contribution < -0.4 is 21.9 Å². The van der Waals surface area contributed by atoms with Crippen molar-refractivity contribution in [2.24, 2.45) is 5.73 Å². The second kappa shape index (κ2) is 11.2. The van der Waals surface area contributed by atoms with Gasteiger partial charge in [0, 0.05) is 31.5 Å². The molecule has 200 valence electrons. The van der Waals surface area contributed by atoms with E-state index in [9.17, 15) is 20.1 Å². The lowest BCUT2D eigenvalue weighted by molar-refractivity contribution is 0.496. The summed E-state index contributed by atoms with van der Waals surface area (Å²) in [6.07, 6.45) is 4.72. The number of imidazole rings is 1. The molecule has 1 atom stereocenters. The zero-order chi connectivity index (χ0) is 28.2. The number of piperidine rings is 1. The van der Waals surface area contributed by atoms with Crippen LogP contribution in [0.3, 0.4) is 0 Å². The molecule has 1 fully saturated rings. The van der Waals surface area contributed by atoms with Gasteiger partial charge in [-0.2, -0.15) is 15.5 Å². The molecular weight excluding hydrogens is 508 g/mol. The predicted octanol–water partition coefficient (Wildman–Crippen LogP) is 0.940. The molecule has 12 heteroatoms. The second-order valence-corrected chi connectivity index (χ2v) is 9.50. The minimum Gasteiger partial charge on any atom is -0.341 e. The second-order valence-electron chi connectivity index (χ2n) is 9.50. The zero-order valence-electron chi connectivity index (χ0n) is 21.9. The van der Waals surface area contributed by atoms with Crippen LogP contribution in [0.1, 0.15) is 42.3 Å². The Hall–Kier alpha value is -5.25. The molecule has 0 saturated carbocycles. The van der Waals surface area contributed by atoms with Gasteiger partial charge in [0.1, 0.15) is 0 Å². The Bertz CT molecular complexity index is 1860. The molecule has 4 aromatic rings. The highest BCUT2D eigenvalue weighted by Crippen LogP contribution is 2.23. The van der Waals surface area contributed by atoms with E-state index in [1.807, 2.05) is 4.90 Å². The number of hydrogen-bond acceptors (Lipinski definition) is 9. The molecule has 4 aromatic heterocycles. The van der Waals surface area contributed by atoms with Crippen LogP contribution in [-0.4, -0.2) is 47.8 Å². The van der Waals surface area contributed by atoms with E-state index in [-0.39, 0.29) is 36.8 Å². The number of nitriles is 2. The van der Waals surface area contributed by atoms with Crippen molar-refractivity contribution in [2.45, 2.75) is 45.4 Å². The van der Waals surface area contributed by atoms with E-state index in [2.05, 4.69) is 33.9 Å². The summed E-state index contributed by atoms with van der Waals surface area (Å²) in [7, 11) is 0. The maximum Gasteiger partial charge on any atom is 0.333 e. The third kappa shape index (κ3) is 5.06. The van der Waals surface area contributed by atoms with Crippen LogP contribution in [0.5, 0.6) is 0 Å². The Morgan fingerprint density at radius 1 is 1.00 bits per heavy atom. The first-order valence-corrected chi connectivity index (χ1v) is 12.8. The minimum absolute atomic E-state index is 0.0216. The lowest BCUT2D eigenvalue weighted by Crippen LogP contribution is -2.44. The molecule has 40 heavy (non-hydrogen) atoms. The van der Waals surface area contributed by atoms with E-state index in [1.165, 1.54) is 17.0 Å². The van der Waals surface area contributed by atoms with Gasteiger partial charge in [-0.05, 0) is 44.0 Å². The smallest absolute Gasteiger partial charge is 0.333 e. The van der Waals surface area contributed by atoms with E-state index >= 15 is 0 Å². The average Bonchev–Trinajstić information content (AvgIpc) is 3.36. The molecular formula is C28H26N10O2. The molecule has 0 aliphatic carbocycles. The quantitative estimate of drug-likeness (QED) is 0.354. The van der Waals surface area contributed by atoms with Crippen molar-refractivity contribution in [1.29, 1.82) is 10.5 Å². The molecule has 0 spiro atoms. The number of rotatable bonds is 6. The van der Waals surface area contributed by atoms with Gasteiger partial charge < -0.3 is 10.6 Å². The maximum absolute atomic E-state index is 14.0. The maximum atomic E-state index is 14.0. The molecule has 0 bridgehead atoms. The molecule has 0 unspecified atom stereocenters. The van der Waals surface area contributed by atoms with Crippen molar-refractivity contribution in [3.63, 3.8) is 0 Å². The van der Waals surface area contributed by atoms with Gasteiger partial charge >= 0.3 is 5.69 Å². The van der Waals surface area contributed by atoms with Crippen LogP contribution in [0.4, 0.5) is 5.95 Å². The fourth-order valence-electron chi connectivity index (χ4n) is 4.89. The lowest BCUT2D eigenvalue weighted by atomic mass is 10.1. The molecule has 0 amide bonds. The molecule has 0 radical (unpaired) electrons. The van der Waals surface area contributed by atoms with Crippen molar-refractivity contribution in [3.8, 4) is 24.0 Å². The van der Waals surface area contributed by atoms with Crippen LogP contribution in [0.2, 0.25) is 0 Å². The van der Waals surface area contributed by atoms with Gasteiger partial charge in [-0.1, -0.05) is 5.92 Å². The largest absolute Gasteiger partial charge is 0.341 e.